The van der Waals surface area contributed by atoms with Gasteiger partial charge in [0.05, 0.1) is 10.6 Å². The number of halogens is 1. The SMILES string of the molecule is CCCCN(C1CC1)S(=O)(=O)c1cc(N)c(F)cc1C. The van der Waals surface area contributed by atoms with Gasteiger partial charge in [-0.05, 0) is 43.9 Å². The van der Waals surface area contributed by atoms with Crippen molar-refractivity contribution in [2.24, 2.45) is 0 Å². The molecule has 2 rings (SSSR count). The molecule has 1 aromatic rings. The number of hydrogen-bond acceptors (Lipinski definition) is 3. The van der Waals surface area contributed by atoms with E-state index in [1.165, 1.54) is 12.1 Å². The summed E-state index contributed by atoms with van der Waals surface area (Å²) in [6.07, 6.45) is 3.56. The highest BCUT2D eigenvalue weighted by Crippen LogP contribution is 2.34. The van der Waals surface area contributed by atoms with Crippen molar-refractivity contribution in [1.82, 2.24) is 4.31 Å². The number of aryl methyl sites for hydroxylation is 1. The Morgan fingerprint density at radius 3 is 2.60 bits per heavy atom. The van der Waals surface area contributed by atoms with Crippen molar-refractivity contribution >= 4 is 15.7 Å². The van der Waals surface area contributed by atoms with Crippen LogP contribution in [0.4, 0.5) is 10.1 Å². The molecule has 0 radical (unpaired) electrons. The molecule has 0 atom stereocenters. The molecule has 1 saturated carbocycles. The first-order valence-corrected chi connectivity index (χ1v) is 8.39. The molecular formula is C14H21FN2O2S. The average Bonchev–Trinajstić information content (AvgIpc) is 3.18. The monoisotopic (exact) mass is 300 g/mol. The number of rotatable bonds is 6. The molecule has 0 saturated heterocycles. The van der Waals surface area contributed by atoms with Crippen LogP contribution in [0.5, 0.6) is 0 Å². The molecule has 0 aromatic heterocycles. The number of nitrogen functional groups attached to an aromatic ring is 1. The Morgan fingerprint density at radius 1 is 1.40 bits per heavy atom. The molecule has 4 nitrogen and oxygen atoms in total. The molecule has 0 aliphatic heterocycles. The highest BCUT2D eigenvalue weighted by atomic mass is 32.2. The Bertz CT molecular complexity index is 597. The smallest absolute Gasteiger partial charge is 0.243 e. The van der Waals surface area contributed by atoms with E-state index in [2.05, 4.69) is 0 Å². The Morgan fingerprint density at radius 2 is 2.05 bits per heavy atom. The maximum atomic E-state index is 13.4. The Hall–Kier alpha value is -1.14. The molecule has 0 amide bonds. The first-order valence-electron chi connectivity index (χ1n) is 6.95. The molecule has 1 aromatic carbocycles. The van der Waals surface area contributed by atoms with Crippen LogP contribution in [0.15, 0.2) is 17.0 Å². The van der Waals surface area contributed by atoms with Gasteiger partial charge in [-0.3, -0.25) is 0 Å². The molecule has 0 bridgehead atoms. The standard InChI is InChI=1S/C14H21FN2O2S/c1-3-4-7-17(11-5-6-11)20(18,19)14-9-13(16)12(15)8-10(14)2/h8-9,11H,3-7,16H2,1-2H3. The predicted octanol–water partition coefficient (Wildman–Crippen LogP) is 2.67. The van der Waals surface area contributed by atoms with E-state index in [0.29, 0.717) is 12.1 Å². The van der Waals surface area contributed by atoms with Gasteiger partial charge in [0, 0.05) is 12.6 Å². The number of benzene rings is 1. The summed E-state index contributed by atoms with van der Waals surface area (Å²) in [5, 5.41) is 0. The number of nitrogens with zero attached hydrogens (tertiary/aromatic N) is 1. The van der Waals surface area contributed by atoms with E-state index < -0.39 is 15.8 Å². The van der Waals surface area contributed by atoms with Crippen molar-refractivity contribution in [1.29, 1.82) is 0 Å². The number of anilines is 1. The zero-order valence-electron chi connectivity index (χ0n) is 11.9. The van der Waals surface area contributed by atoms with E-state index >= 15 is 0 Å². The maximum absolute atomic E-state index is 13.4. The van der Waals surface area contributed by atoms with E-state index in [1.807, 2.05) is 6.92 Å². The fourth-order valence-electron chi connectivity index (χ4n) is 2.25. The summed E-state index contributed by atoms with van der Waals surface area (Å²) in [6.45, 7) is 4.14. The highest BCUT2D eigenvalue weighted by Gasteiger charge is 2.38. The quantitative estimate of drug-likeness (QED) is 0.822. The summed E-state index contributed by atoms with van der Waals surface area (Å²) < 4.78 is 40.4. The van der Waals surface area contributed by atoms with Crippen LogP contribution in [0.1, 0.15) is 38.2 Å². The first-order chi connectivity index (χ1) is 9.37. The van der Waals surface area contributed by atoms with Gasteiger partial charge in [-0.15, -0.1) is 0 Å². The Kier molecular flexibility index (Phi) is 4.34. The number of unbranched alkanes of at least 4 members (excludes halogenated alkanes) is 1. The van der Waals surface area contributed by atoms with Gasteiger partial charge in [-0.25, -0.2) is 12.8 Å². The Balaban J connectivity index is 2.39. The third kappa shape index (κ3) is 2.96. The molecular weight excluding hydrogens is 279 g/mol. The molecule has 20 heavy (non-hydrogen) atoms. The van der Waals surface area contributed by atoms with Gasteiger partial charge in [-0.1, -0.05) is 13.3 Å². The van der Waals surface area contributed by atoms with Crippen LogP contribution in [0.25, 0.3) is 0 Å². The summed E-state index contributed by atoms with van der Waals surface area (Å²) >= 11 is 0. The molecule has 1 aliphatic rings. The number of sulfonamides is 1. The lowest BCUT2D eigenvalue weighted by molar-refractivity contribution is 0.395. The predicted molar refractivity (Wildman–Crippen MR) is 77.4 cm³/mol. The number of hydrogen-bond donors (Lipinski definition) is 1. The van der Waals surface area contributed by atoms with Crippen LogP contribution in [-0.4, -0.2) is 25.3 Å². The summed E-state index contributed by atoms with van der Waals surface area (Å²) in [5.41, 5.74) is 5.80. The van der Waals surface area contributed by atoms with Crippen molar-refractivity contribution in [2.45, 2.75) is 50.5 Å². The third-order valence-corrected chi connectivity index (χ3v) is 5.66. The van der Waals surface area contributed by atoms with Crippen LogP contribution < -0.4 is 5.73 Å². The number of nitrogens with two attached hydrogens (primary N) is 1. The fourth-order valence-corrected chi connectivity index (χ4v) is 4.22. The van der Waals surface area contributed by atoms with Crippen LogP contribution in [0.3, 0.4) is 0 Å². The van der Waals surface area contributed by atoms with Gasteiger partial charge >= 0.3 is 0 Å². The first kappa shape index (κ1) is 15.3. The van der Waals surface area contributed by atoms with E-state index in [0.717, 1.165) is 25.7 Å². The average molecular weight is 300 g/mol. The molecule has 1 aliphatic carbocycles. The molecule has 0 heterocycles. The van der Waals surface area contributed by atoms with Crippen LogP contribution in [0, 0.1) is 12.7 Å². The lowest BCUT2D eigenvalue weighted by atomic mass is 10.2. The summed E-state index contributed by atoms with van der Waals surface area (Å²) in [5.74, 6) is -0.576. The van der Waals surface area contributed by atoms with Crippen molar-refractivity contribution in [3.8, 4) is 0 Å². The summed E-state index contributed by atoms with van der Waals surface area (Å²) in [4.78, 5) is 0.124. The zero-order chi connectivity index (χ0) is 14.9. The van der Waals surface area contributed by atoms with Crippen LogP contribution in [0.2, 0.25) is 0 Å². The molecule has 6 heteroatoms. The minimum Gasteiger partial charge on any atom is -0.396 e. The Labute approximate surface area is 119 Å². The van der Waals surface area contributed by atoms with Crippen LogP contribution >= 0.6 is 0 Å². The van der Waals surface area contributed by atoms with Gasteiger partial charge in [0.15, 0.2) is 0 Å². The summed E-state index contributed by atoms with van der Waals surface area (Å²) in [7, 11) is -3.59. The molecule has 0 unspecified atom stereocenters. The van der Waals surface area contributed by atoms with Gasteiger partial charge in [0.2, 0.25) is 10.0 Å². The van der Waals surface area contributed by atoms with Crippen molar-refractivity contribution < 1.29 is 12.8 Å². The van der Waals surface area contributed by atoms with Crippen molar-refractivity contribution in [2.75, 3.05) is 12.3 Å². The molecule has 1 fully saturated rings. The third-order valence-electron chi connectivity index (χ3n) is 3.57. The van der Waals surface area contributed by atoms with Crippen molar-refractivity contribution in [3.63, 3.8) is 0 Å². The second kappa shape index (κ2) is 5.69. The zero-order valence-corrected chi connectivity index (χ0v) is 12.7. The lowest BCUT2D eigenvalue weighted by Crippen LogP contribution is -2.34. The lowest BCUT2D eigenvalue weighted by Gasteiger charge is -2.23. The second-order valence-corrected chi connectivity index (χ2v) is 7.20. The minimum atomic E-state index is -3.59. The largest absolute Gasteiger partial charge is 0.396 e. The molecule has 2 N–H and O–H groups in total. The van der Waals surface area contributed by atoms with E-state index in [4.69, 9.17) is 5.73 Å². The van der Waals surface area contributed by atoms with E-state index in [9.17, 15) is 12.8 Å². The maximum Gasteiger partial charge on any atom is 0.243 e. The fraction of sp³-hybridized carbons (Fsp3) is 0.571. The molecule has 0 spiro atoms. The summed E-state index contributed by atoms with van der Waals surface area (Å²) in [6, 6.07) is 2.52. The van der Waals surface area contributed by atoms with E-state index in [1.54, 1.807) is 11.2 Å². The van der Waals surface area contributed by atoms with Gasteiger partial charge in [0.1, 0.15) is 5.82 Å². The normalized spacial score (nSPS) is 15.8. The van der Waals surface area contributed by atoms with Crippen molar-refractivity contribution in [3.05, 3.63) is 23.5 Å². The van der Waals surface area contributed by atoms with Gasteiger partial charge < -0.3 is 5.73 Å². The van der Waals surface area contributed by atoms with Gasteiger partial charge in [0.25, 0.3) is 0 Å². The minimum absolute atomic E-state index is 0.0947. The highest BCUT2D eigenvalue weighted by molar-refractivity contribution is 7.89. The van der Waals surface area contributed by atoms with Crippen LogP contribution in [-0.2, 0) is 10.0 Å². The molecule has 112 valence electrons. The van der Waals surface area contributed by atoms with Gasteiger partial charge in [-0.2, -0.15) is 4.31 Å². The topological polar surface area (TPSA) is 63.4 Å². The van der Waals surface area contributed by atoms with E-state index in [-0.39, 0.29) is 16.6 Å². The second-order valence-electron chi connectivity index (χ2n) is 5.34.